The second kappa shape index (κ2) is 7.39. The van der Waals surface area contributed by atoms with E-state index in [-0.39, 0.29) is 21.9 Å². The first kappa shape index (κ1) is 20.4. The van der Waals surface area contributed by atoms with Gasteiger partial charge in [-0.3, -0.25) is 14.3 Å². The molecule has 0 heterocycles. The van der Waals surface area contributed by atoms with Gasteiger partial charge in [0.05, 0.1) is 16.1 Å². The summed E-state index contributed by atoms with van der Waals surface area (Å²) in [5, 5.41) is 2.21. The maximum absolute atomic E-state index is 13.3. The Kier molecular flexibility index (Phi) is 5.59. The van der Waals surface area contributed by atoms with Gasteiger partial charge in [0.1, 0.15) is 0 Å². The minimum Gasteiger partial charge on any atom is -0.326 e. The van der Waals surface area contributed by atoms with Crippen LogP contribution in [0.4, 0.5) is 24.5 Å². The van der Waals surface area contributed by atoms with Crippen molar-refractivity contribution in [3.63, 3.8) is 0 Å². The number of rotatable bonds is 5. The predicted octanol–water partition coefficient (Wildman–Crippen LogP) is 3.67. The lowest BCUT2D eigenvalue weighted by Gasteiger charge is -2.16. The van der Waals surface area contributed by atoms with Gasteiger partial charge in [-0.1, -0.05) is 12.1 Å². The van der Waals surface area contributed by atoms with E-state index in [1.165, 1.54) is 19.1 Å². The number of Topliss-reactive ketones (excluding diaryl/α,β-unsaturated/α-hetero) is 1. The fourth-order valence-electron chi connectivity index (χ4n) is 2.22. The number of sulfonamides is 1. The van der Waals surface area contributed by atoms with Gasteiger partial charge in [0.2, 0.25) is 5.91 Å². The first-order valence-corrected chi connectivity index (χ1v) is 9.01. The van der Waals surface area contributed by atoms with E-state index in [4.69, 9.17) is 0 Å². The average Bonchev–Trinajstić information content (AvgIpc) is 2.54. The summed E-state index contributed by atoms with van der Waals surface area (Å²) >= 11 is 0. The zero-order valence-electron chi connectivity index (χ0n) is 14.2. The first-order valence-electron chi connectivity index (χ1n) is 7.53. The van der Waals surface area contributed by atoms with E-state index in [9.17, 15) is 31.2 Å². The highest BCUT2D eigenvalue weighted by Gasteiger charge is 2.35. The Labute approximate surface area is 153 Å². The van der Waals surface area contributed by atoms with Crippen molar-refractivity contribution >= 4 is 33.1 Å². The van der Waals surface area contributed by atoms with Crippen molar-refractivity contribution in [2.45, 2.75) is 24.9 Å². The van der Waals surface area contributed by atoms with E-state index < -0.39 is 33.4 Å². The van der Waals surface area contributed by atoms with Crippen molar-refractivity contribution in [2.24, 2.45) is 0 Å². The normalized spacial score (nSPS) is 11.7. The molecule has 0 saturated heterocycles. The van der Waals surface area contributed by atoms with Crippen molar-refractivity contribution in [3.05, 3.63) is 53.6 Å². The monoisotopic (exact) mass is 400 g/mol. The van der Waals surface area contributed by atoms with Crippen molar-refractivity contribution in [3.8, 4) is 0 Å². The number of halogens is 3. The zero-order valence-corrected chi connectivity index (χ0v) is 15.0. The van der Waals surface area contributed by atoms with E-state index in [0.717, 1.165) is 31.2 Å². The lowest BCUT2D eigenvalue weighted by Crippen LogP contribution is -2.18. The number of nitrogens with one attached hydrogen (secondary N) is 2. The van der Waals surface area contributed by atoms with Crippen LogP contribution in [-0.4, -0.2) is 20.1 Å². The number of ketones is 1. The molecular weight excluding hydrogens is 385 g/mol. The van der Waals surface area contributed by atoms with E-state index in [1.54, 1.807) is 0 Å². The number of anilines is 2. The third kappa shape index (κ3) is 5.07. The first-order chi connectivity index (χ1) is 12.4. The molecule has 2 aromatic carbocycles. The highest BCUT2D eigenvalue weighted by atomic mass is 32.2. The van der Waals surface area contributed by atoms with Crippen molar-refractivity contribution in [1.29, 1.82) is 0 Å². The molecule has 0 bridgehead atoms. The Bertz CT molecular complexity index is 984. The highest BCUT2D eigenvalue weighted by molar-refractivity contribution is 7.92. The van der Waals surface area contributed by atoms with E-state index in [1.807, 2.05) is 4.72 Å². The Hall–Kier alpha value is -2.88. The molecule has 2 rings (SSSR count). The van der Waals surface area contributed by atoms with Crippen LogP contribution in [0.25, 0.3) is 0 Å². The van der Waals surface area contributed by atoms with Gasteiger partial charge in [-0.05, 0) is 37.3 Å². The molecule has 1 amide bonds. The van der Waals surface area contributed by atoms with Gasteiger partial charge in [0, 0.05) is 18.2 Å². The van der Waals surface area contributed by atoms with Gasteiger partial charge in [-0.15, -0.1) is 0 Å². The van der Waals surface area contributed by atoms with Crippen LogP contribution in [0.5, 0.6) is 0 Å². The predicted molar refractivity (Wildman–Crippen MR) is 93.0 cm³/mol. The summed E-state index contributed by atoms with van der Waals surface area (Å²) in [4.78, 5) is 22.0. The molecule has 0 spiro atoms. The van der Waals surface area contributed by atoms with Gasteiger partial charge in [-0.2, -0.15) is 13.2 Å². The van der Waals surface area contributed by atoms with Crippen LogP contribution < -0.4 is 10.0 Å². The molecule has 2 N–H and O–H groups in total. The lowest BCUT2D eigenvalue weighted by atomic mass is 10.1. The van der Waals surface area contributed by atoms with Crippen LogP contribution in [0.1, 0.15) is 29.8 Å². The fraction of sp³-hybridized carbons (Fsp3) is 0.176. The molecule has 27 heavy (non-hydrogen) atoms. The van der Waals surface area contributed by atoms with Crippen LogP contribution in [0, 0.1) is 0 Å². The fourth-order valence-corrected chi connectivity index (χ4v) is 3.30. The molecule has 0 aliphatic carbocycles. The van der Waals surface area contributed by atoms with Gasteiger partial charge in [0.25, 0.3) is 10.0 Å². The molecule has 0 unspecified atom stereocenters. The molecule has 2 aromatic rings. The van der Waals surface area contributed by atoms with Gasteiger partial charge in [0.15, 0.2) is 5.78 Å². The lowest BCUT2D eigenvalue weighted by molar-refractivity contribution is -0.136. The van der Waals surface area contributed by atoms with E-state index >= 15 is 0 Å². The van der Waals surface area contributed by atoms with E-state index in [2.05, 4.69) is 5.32 Å². The van der Waals surface area contributed by atoms with Gasteiger partial charge in [-0.25, -0.2) is 8.42 Å². The Balaban J connectivity index is 2.42. The van der Waals surface area contributed by atoms with Crippen LogP contribution in [0.3, 0.4) is 0 Å². The standard InChI is InChI=1S/C17H15F3N2O4S/c1-10(23)12-3-6-14(7-4-12)27(25,26)22-16-8-5-13(21-11(2)24)9-15(16)17(18,19)20/h3-9,22H,1-2H3,(H,21,24). The summed E-state index contributed by atoms with van der Waals surface area (Å²) in [6.07, 6.45) is -4.86. The summed E-state index contributed by atoms with van der Waals surface area (Å²) in [5.74, 6) is -0.846. The molecule has 0 saturated carbocycles. The molecule has 0 aliphatic heterocycles. The minimum atomic E-state index is -4.86. The van der Waals surface area contributed by atoms with Crippen LogP contribution in [0.15, 0.2) is 47.4 Å². The quantitative estimate of drug-likeness (QED) is 0.749. The van der Waals surface area contributed by atoms with Gasteiger partial charge >= 0.3 is 6.18 Å². The molecule has 0 radical (unpaired) electrons. The van der Waals surface area contributed by atoms with Crippen molar-refractivity contribution in [1.82, 2.24) is 0 Å². The smallest absolute Gasteiger partial charge is 0.326 e. The second-order valence-electron chi connectivity index (χ2n) is 5.63. The van der Waals surface area contributed by atoms with Crippen LogP contribution in [0.2, 0.25) is 0 Å². The Morgan fingerprint density at radius 1 is 0.963 bits per heavy atom. The SMILES string of the molecule is CC(=O)Nc1ccc(NS(=O)(=O)c2ccc(C(C)=O)cc2)c(C(F)(F)F)c1. The number of hydrogen-bond donors (Lipinski definition) is 2. The zero-order chi connectivity index (χ0) is 20.4. The van der Waals surface area contributed by atoms with Gasteiger partial charge < -0.3 is 5.32 Å². The number of alkyl halides is 3. The molecule has 144 valence electrons. The van der Waals surface area contributed by atoms with Crippen molar-refractivity contribution < 1.29 is 31.2 Å². The number of carbonyl (C=O) groups is 2. The average molecular weight is 400 g/mol. The molecule has 0 fully saturated rings. The number of benzene rings is 2. The second-order valence-corrected chi connectivity index (χ2v) is 7.31. The maximum Gasteiger partial charge on any atom is 0.418 e. The summed E-state index contributed by atoms with van der Waals surface area (Å²) in [6.45, 7) is 2.43. The minimum absolute atomic E-state index is 0.122. The Morgan fingerprint density at radius 3 is 2.04 bits per heavy atom. The van der Waals surface area contributed by atoms with Crippen LogP contribution in [-0.2, 0) is 21.0 Å². The molecule has 0 atom stereocenters. The largest absolute Gasteiger partial charge is 0.418 e. The molecule has 10 heteroatoms. The third-order valence-electron chi connectivity index (χ3n) is 3.46. The van der Waals surface area contributed by atoms with Crippen LogP contribution >= 0.6 is 0 Å². The van der Waals surface area contributed by atoms with Crippen molar-refractivity contribution in [2.75, 3.05) is 10.0 Å². The Morgan fingerprint density at radius 2 is 1.56 bits per heavy atom. The summed E-state index contributed by atoms with van der Waals surface area (Å²) < 4.78 is 66.6. The molecule has 0 aliphatic rings. The molecule has 0 aromatic heterocycles. The summed E-state index contributed by atoms with van der Waals surface area (Å²) in [6, 6.07) is 7.47. The molecule has 6 nitrogen and oxygen atoms in total. The molecular formula is C17H15F3N2O4S. The topological polar surface area (TPSA) is 92.3 Å². The number of carbonyl (C=O) groups excluding carboxylic acids is 2. The highest BCUT2D eigenvalue weighted by Crippen LogP contribution is 2.37. The summed E-state index contributed by atoms with van der Waals surface area (Å²) in [7, 11) is -4.32. The summed E-state index contributed by atoms with van der Waals surface area (Å²) in [5.41, 5.74) is -1.79. The van der Waals surface area contributed by atoms with E-state index in [0.29, 0.717) is 6.07 Å². The third-order valence-corrected chi connectivity index (χ3v) is 4.84. The number of hydrogen-bond acceptors (Lipinski definition) is 4. The number of amides is 1. The maximum atomic E-state index is 13.3.